The number of fused-ring (bicyclic) bond motifs is 1. The quantitative estimate of drug-likeness (QED) is 0.498. The minimum Gasteiger partial charge on any atom is -0.391 e. The molecule has 1 fully saturated rings. The van der Waals surface area contributed by atoms with Crippen molar-refractivity contribution in [2.24, 2.45) is 11.3 Å². The zero-order valence-electron chi connectivity index (χ0n) is 21.6. The van der Waals surface area contributed by atoms with Crippen molar-refractivity contribution in [3.05, 3.63) is 47.8 Å². The molecule has 4 rings (SSSR count). The highest BCUT2D eigenvalue weighted by atomic mass is 16.5. The maximum atomic E-state index is 13.3. The van der Waals surface area contributed by atoms with Gasteiger partial charge in [0.25, 0.3) is 0 Å². The van der Waals surface area contributed by atoms with Crippen molar-refractivity contribution < 1.29 is 9.53 Å². The van der Waals surface area contributed by atoms with E-state index < -0.39 is 0 Å². The van der Waals surface area contributed by atoms with Gasteiger partial charge in [0, 0.05) is 54.6 Å². The van der Waals surface area contributed by atoms with Gasteiger partial charge in [0.1, 0.15) is 0 Å². The number of amides is 1. The molecule has 5 heteroatoms. The minimum atomic E-state index is 0.0347. The number of ether oxygens (including phenoxy) is 1. The molecule has 1 heterocycles. The molecule has 2 unspecified atom stereocenters. The summed E-state index contributed by atoms with van der Waals surface area (Å²) in [4.78, 5) is 18.7. The highest BCUT2D eigenvalue weighted by molar-refractivity contribution is 5.97. The van der Waals surface area contributed by atoms with E-state index in [-0.39, 0.29) is 17.9 Å². The second kappa shape index (κ2) is 9.99. The van der Waals surface area contributed by atoms with Gasteiger partial charge in [0.2, 0.25) is 5.91 Å². The lowest BCUT2D eigenvalue weighted by molar-refractivity contribution is -0.124. The second-order valence-electron chi connectivity index (χ2n) is 10.8. The third-order valence-electron chi connectivity index (χ3n) is 7.76. The predicted octanol–water partition coefficient (Wildman–Crippen LogP) is 6.42. The van der Waals surface area contributed by atoms with Crippen LogP contribution in [0.1, 0.15) is 71.4 Å². The number of benzene rings is 1. The standard InChI is InChI=1S/C29H41N3O2/c1-7-34-23-10-8-9-21(15-23)28(33)32(6)22-12-11-20-16-25(31-26(20)17-22)19(2)24-13-14-29(3,4)18-27(24)30-5/h11-12,16-17,21,23,30-31H,2,7-10,13-15,18H2,1,3-6H3. The molecular formula is C29H41N3O2. The van der Waals surface area contributed by atoms with Crippen LogP contribution in [-0.4, -0.2) is 37.7 Å². The van der Waals surface area contributed by atoms with Crippen molar-refractivity contribution >= 4 is 28.1 Å². The van der Waals surface area contributed by atoms with Crippen LogP contribution in [0.4, 0.5) is 5.69 Å². The molecule has 1 aromatic carbocycles. The molecule has 0 spiro atoms. The lowest BCUT2D eigenvalue weighted by atomic mass is 9.75. The van der Waals surface area contributed by atoms with Crippen LogP contribution in [0.3, 0.4) is 0 Å². The van der Waals surface area contributed by atoms with E-state index in [1.807, 2.05) is 32.0 Å². The van der Waals surface area contributed by atoms with Crippen LogP contribution in [0, 0.1) is 11.3 Å². The van der Waals surface area contributed by atoms with Gasteiger partial charge in [-0.05, 0) is 80.2 Å². The number of allylic oxidation sites excluding steroid dienone is 3. The first kappa shape index (κ1) is 24.6. The van der Waals surface area contributed by atoms with E-state index in [0.29, 0.717) is 12.0 Å². The van der Waals surface area contributed by atoms with Crippen molar-refractivity contribution in [1.82, 2.24) is 10.3 Å². The van der Waals surface area contributed by atoms with Crippen LogP contribution in [0.15, 0.2) is 42.1 Å². The fourth-order valence-electron chi connectivity index (χ4n) is 5.67. The van der Waals surface area contributed by atoms with Gasteiger partial charge in [-0.3, -0.25) is 4.79 Å². The predicted molar refractivity (Wildman–Crippen MR) is 142 cm³/mol. The molecule has 0 aliphatic heterocycles. The summed E-state index contributed by atoms with van der Waals surface area (Å²) < 4.78 is 5.82. The Balaban J connectivity index is 1.53. The summed E-state index contributed by atoms with van der Waals surface area (Å²) in [6.45, 7) is 11.8. The summed E-state index contributed by atoms with van der Waals surface area (Å²) in [7, 11) is 3.90. The van der Waals surface area contributed by atoms with Crippen LogP contribution < -0.4 is 10.2 Å². The Bertz CT molecular complexity index is 1090. The zero-order valence-corrected chi connectivity index (χ0v) is 21.6. The summed E-state index contributed by atoms with van der Waals surface area (Å²) in [6, 6.07) is 8.41. The van der Waals surface area contributed by atoms with Gasteiger partial charge >= 0.3 is 0 Å². The van der Waals surface area contributed by atoms with Crippen molar-refractivity contribution in [1.29, 1.82) is 0 Å². The average Bonchev–Trinajstić information content (AvgIpc) is 3.26. The van der Waals surface area contributed by atoms with Crippen LogP contribution in [0.25, 0.3) is 16.5 Å². The van der Waals surface area contributed by atoms with Crippen LogP contribution in [0.5, 0.6) is 0 Å². The molecule has 2 aliphatic rings. The highest BCUT2D eigenvalue weighted by Crippen LogP contribution is 2.42. The van der Waals surface area contributed by atoms with E-state index in [1.54, 1.807) is 0 Å². The molecule has 0 saturated heterocycles. The number of carbonyl (C=O) groups excluding carboxylic acids is 1. The lowest BCUT2D eigenvalue weighted by Gasteiger charge is -2.33. The number of H-pyrrole nitrogens is 1. The zero-order chi connectivity index (χ0) is 24.5. The molecule has 0 bridgehead atoms. The van der Waals surface area contributed by atoms with E-state index in [4.69, 9.17) is 4.74 Å². The Morgan fingerprint density at radius 3 is 2.82 bits per heavy atom. The van der Waals surface area contributed by atoms with E-state index in [9.17, 15) is 4.79 Å². The van der Waals surface area contributed by atoms with E-state index in [2.05, 4.69) is 48.9 Å². The fourth-order valence-corrected chi connectivity index (χ4v) is 5.67. The van der Waals surface area contributed by atoms with Crippen LogP contribution in [-0.2, 0) is 9.53 Å². The van der Waals surface area contributed by atoms with Gasteiger partial charge in [-0.2, -0.15) is 0 Å². The number of aromatic nitrogens is 1. The van der Waals surface area contributed by atoms with E-state index in [1.165, 1.54) is 11.3 Å². The largest absolute Gasteiger partial charge is 0.391 e. The monoisotopic (exact) mass is 463 g/mol. The van der Waals surface area contributed by atoms with Gasteiger partial charge in [-0.1, -0.05) is 32.9 Å². The molecule has 1 aromatic heterocycles. The molecule has 34 heavy (non-hydrogen) atoms. The maximum absolute atomic E-state index is 13.3. The van der Waals surface area contributed by atoms with Crippen molar-refractivity contribution in [2.45, 2.75) is 71.8 Å². The normalized spacial score (nSPS) is 22.6. The number of nitrogens with one attached hydrogen (secondary N) is 2. The molecule has 2 aliphatic carbocycles. The molecule has 2 aromatic rings. The van der Waals surface area contributed by atoms with Crippen molar-refractivity contribution in [3.8, 4) is 0 Å². The molecule has 1 saturated carbocycles. The van der Waals surface area contributed by atoms with Gasteiger partial charge in [-0.15, -0.1) is 0 Å². The summed E-state index contributed by atoms with van der Waals surface area (Å²) in [6.07, 6.45) is 7.33. The summed E-state index contributed by atoms with van der Waals surface area (Å²) in [5.74, 6) is 0.223. The van der Waals surface area contributed by atoms with E-state index in [0.717, 1.165) is 72.8 Å². The molecular weight excluding hydrogens is 422 g/mol. The van der Waals surface area contributed by atoms with Gasteiger partial charge in [0.05, 0.1) is 6.10 Å². The molecule has 5 nitrogen and oxygen atoms in total. The summed E-state index contributed by atoms with van der Waals surface area (Å²) in [5.41, 5.74) is 7.00. The van der Waals surface area contributed by atoms with Gasteiger partial charge in [0.15, 0.2) is 0 Å². The third kappa shape index (κ3) is 5.10. The molecule has 0 radical (unpaired) electrons. The first-order chi connectivity index (χ1) is 16.2. The number of hydrogen-bond donors (Lipinski definition) is 2. The van der Waals surface area contributed by atoms with Crippen molar-refractivity contribution in [3.63, 3.8) is 0 Å². The Morgan fingerprint density at radius 1 is 1.29 bits per heavy atom. The summed E-state index contributed by atoms with van der Waals surface area (Å²) >= 11 is 0. The first-order valence-electron chi connectivity index (χ1n) is 12.8. The first-order valence-corrected chi connectivity index (χ1v) is 12.8. The van der Waals surface area contributed by atoms with Gasteiger partial charge in [-0.25, -0.2) is 0 Å². The smallest absolute Gasteiger partial charge is 0.229 e. The number of aromatic amines is 1. The maximum Gasteiger partial charge on any atom is 0.229 e. The number of carbonyl (C=O) groups is 1. The Hall–Kier alpha value is -2.53. The number of nitrogens with zero attached hydrogens (tertiary/aromatic N) is 1. The fraction of sp³-hybridized carbons (Fsp3) is 0.552. The lowest BCUT2D eigenvalue weighted by Crippen LogP contribution is -2.37. The summed E-state index contributed by atoms with van der Waals surface area (Å²) in [5, 5.41) is 4.56. The van der Waals surface area contributed by atoms with E-state index >= 15 is 0 Å². The molecule has 1 amide bonds. The highest BCUT2D eigenvalue weighted by Gasteiger charge is 2.30. The van der Waals surface area contributed by atoms with Crippen LogP contribution in [0.2, 0.25) is 0 Å². The van der Waals surface area contributed by atoms with Crippen LogP contribution >= 0.6 is 0 Å². The number of hydrogen-bond acceptors (Lipinski definition) is 3. The topological polar surface area (TPSA) is 57.4 Å². The van der Waals surface area contributed by atoms with Gasteiger partial charge < -0.3 is 19.9 Å². The molecule has 2 atom stereocenters. The Kier molecular flexibility index (Phi) is 7.22. The molecule has 2 N–H and O–H groups in total. The minimum absolute atomic E-state index is 0.0347. The second-order valence-corrected chi connectivity index (χ2v) is 10.8. The SMILES string of the molecule is C=C(C1=C(NC)CC(C)(C)CC1)c1cc2ccc(N(C)C(=O)C3CCCC(OCC)C3)cc2[nH]1. The Morgan fingerprint density at radius 2 is 2.09 bits per heavy atom. The Labute approximate surface area is 204 Å². The third-order valence-corrected chi connectivity index (χ3v) is 7.76. The molecule has 184 valence electrons. The number of anilines is 1. The number of rotatable bonds is 7. The van der Waals surface area contributed by atoms with Crippen molar-refractivity contribution in [2.75, 3.05) is 25.6 Å². The average molecular weight is 464 g/mol.